The molecule has 7 nitrogen and oxygen atoms in total. The monoisotopic (exact) mass is 325 g/mol. The molecule has 2 heterocycles. The predicted octanol–water partition coefficient (Wildman–Crippen LogP) is 3.07. The Morgan fingerprint density at radius 2 is 2.29 bits per heavy atom. The van der Waals surface area contributed by atoms with Crippen LogP contribution in [-0.2, 0) is 13.5 Å². The molecule has 1 aliphatic carbocycles. The zero-order chi connectivity index (χ0) is 16.7. The summed E-state index contributed by atoms with van der Waals surface area (Å²) < 4.78 is 7.39. The molecule has 7 heteroatoms. The molecule has 3 aromatic rings. The summed E-state index contributed by atoms with van der Waals surface area (Å²) in [5, 5.41) is 10.2. The van der Waals surface area contributed by atoms with Gasteiger partial charge in [0.15, 0.2) is 11.5 Å². The Morgan fingerprint density at radius 3 is 3.17 bits per heavy atom. The zero-order valence-corrected chi connectivity index (χ0v) is 13.7. The minimum absolute atomic E-state index is 0.00120. The molecule has 2 amide bonds. The maximum Gasteiger partial charge on any atom is 0.319 e. The molecule has 4 rings (SSSR count). The molecule has 2 N–H and O–H groups in total. The van der Waals surface area contributed by atoms with Gasteiger partial charge < -0.3 is 15.1 Å². The molecule has 24 heavy (non-hydrogen) atoms. The van der Waals surface area contributed by atoms with Crippen LogP contribution in [0.5, 0.6) is 0 Å². The van der Waals surface area contributed by atoms with Crippen molar-refractivity contribution in [2.45, 2.75) is 32.2 Å². The smallest absolute Gasteiger partial charge is 0.319 e. The number of urea groups is 1. The highest BCUT2D eigenvalue weighted by molar-refractivity contribution is 5.91. The van der Waals surface area contributed by atoms with Gasteiger partial charge >= 0.3 is 6.03 Å². The van der Waals surface area contributed by atoms with E-state index in [-0.39, 0.29) is 12.1 Å². The quantitative estimate of drug-likeness (QED) is 0.758. The molecule has 0 aliphatic heterocycles. The number of nitrogens with one attached hydrogen (secondary N) is 2. The van der Waals surface area contributed by atoms with Gasteiger partial charge in [-0.3, -0.25) is 4.68 Å². The van der Waals surface area contributed by atoms with E-state index in [1.807, 2.05) is 30.1 Å². The van der Waals surface area contributed by atoms with Gasteiger partial charge in [-0.2, -0.15) is 5.10 Å². The number of fused-ring (bicyclic) bond motifs is 2. The Bertz CT molecular complexity index is 911. The van der Waals surface area contributed by atoms with Crippen molar-refractivity contribution in [3.05, 3.63) is 41.5 Å². The zero-order valence-electron chi connectivity index (χ0n) is 13.7. The molecular weight excluding hydrogens is 306 g/mol. The Balaban J connectivity index is 1.48. The number of hydrogen-bond acceptors (Lipinski definition) is 4. The van der Waals surface area contributed by atoms with E-state index in [2.05, 4.69) is 20.7 Å². The number of nitrogens with zero attached hydrogens (tertiary/aromatic N) is 3. The van der Waals surface area contributed by atoms with Crippen LogP contribution in [0.3, 0.4) is 0 Å². The molecule has 0 fully saturated rings. The van der Waals surface area contributed by atoms with Crippen LogP contribution >= 0.6 is 0 Å². The predicted molar refractivity (Wildman–Crippen MR) is 89.8 cm³/mol. The van der Waals surface area contributed by atoms with Crippen LogP contribution in [0.1, 0.15) is 36.0 Å². The van der Waals surface area contributed by atoms with Gasteiger partial charge in [0, 0.05) is 37.0 Å². The van der Waals surface area contributed by atoms with E-state index in [1.165, 1.54) is 5.69 Å². The highest BCUT2D eigenvalue weighted by Crippen LogP contribution is 2.29. The molecular formula is C17H19N5O2. The number of aromatic nitrogens is 3. The van der Waals surface area contributed by atoms with Crippen molar-refractivity contribution in [1.82, 2.24) is 20.1 Å². The van der Waals surface area contributed by atoms with Crippen LogP contribution in [0.25, 0.3) is 11.1 Å². The Hall–Kier alpha value is -2.83. The molecule has 0 saturated carbocycles. The number of carbonyl (C=O) groups is 1. The number of benzene rings is 1. The standard InChI is InChI=1S/C17H19N5O2/c1-10-19-14-7-6-11(8-16(14)24-10)20-17(23)21-13-4-3-5-15-12(13)9-18-22(15)2/h6-9,13H,3-5H2,1-2H3,(H2,20,21,23)/t13-/m0/s1. The van der Waals surface area contributed by atoms with E-state index < -0.39 is 0 Å². The lowest BCUT2D eigenvalue weighted by molar-refractivity contribution is 0.247. The van der Waals surface area contributed by atoms with E-state index in [9.17, 15) is 4.79 Å². The molecule has 0 radical (unpaired) electrons. The SMILES string of the molecule is Cc1nc2ccc(NC(=O)N[C@H]3CCCc4c3cnn4C)cc2o1. The van der Waals surface area contributed by atoms with E-state index >= 15 is 0 Å². The molecule has 0 bridgehead atoms. The highest BCUT2D eigenvalue weighted by atomic mass is 16.3. The molecule has 124 valence electrons. The summed E-state index contributed by atoms with van der Waals surface area (Å²) >= 11 is 0. The van der Waals surface area contributed by atoms with Gasteiger partial charge in [-0.15, -0.1) is 0 Å². The summed E-state index contributed by atoms with van der Waals surface area (Å²) in [6, 6.07) is 5.21. The average Bonchev–Trinajstić information content (AvgIpc) is 3.10. The van der Waals surface area contributed by atoms with Gasteiger partial charge in [0.05, 0.1) is 12.2 Å². The first kappa shape index (κ1) is 14.7. The van der Waals surface area contributed by atoms with Crippen molar-refractivity contribution in [1.29, 1.82) is 0 Å². The van der Waals surface area contributed by atoms with Gasteiger partial charge in [0.1, 0.15) is 5.52 Å². The molecule has 0 saturated heterocycles. The fraction of sp³-hybridized carbons (Fsp3) is 0.353. The third-order valence-electron chi connectivity index (χ3n) is 4.43. The van der Waals surface area contributed by atoms with E-state index in [4.69, 9.17) is 4.42 Å². The van der Waals surface area contributed by atoms with E-state index in [0.29, 0.717) is 17.2 Å². The summed E-state index contributed by atoms with van der Waals surface area (Å²) in [4.78, 5) is 16.6. The van der Waals surface area contributed by atoms with Gasteiger partial charge in [0.2, 0.25) is 0 Å². The second-order valence-corrected chi connectivity index (χ2v) is 6.13. The lowest BCUT2D eigenvalue weighted by atomic mass is 9.93. The lowest BCUT2D eigenvalue weighted by Gasteiger charge is -2.23. The van der Waals surface area contributed by atoms with Gasteiger partial charge in [-0.05, 0) is 31.4 Å². The number of amides is 2. The first-order chi connectivity index (χ1) is 11.6. The first-order valence-corrected chi connectivity index (χ1v) is 8.05. The van der Waals surface area contributed by atoms with Crippen LogP contribution in [0, 0.1) is 6.92 Å². The van der Waals surface area contributed by atoms with Gasteiger partial charge in [-0.25, -0.2) is 9.78 Å². The molecule has 0 spiro atoms. The lowest BCUT2D eigenvalue weighted by Crippen LogP contribution is -2.34. The van der Waals surface area contributed by atoms with Gasteiger partial charge in [0.25, 0.3) is 0 Å². The fourth-order valence-electron chi connectivity index (χ4n) is 3.30. The van der Waals surface area contributed by atoms with E-state index in [1.54, 1.807) is 13.0 Å². The summed E-state index contributed by atoms with van der Waals surface area (Å²) in [5.41, 5.74) is 4.44. The van der Waals surface area contributed by atoms with Crippen molar-refractivity contribution < 1.29 is 9.21 Å². The number of rotatable bonds is 2. The average molecular weight is 325 g/mol. The number of aryl methyl sites for hydroxylation is 2. The normalized spacial score (nSPS) is 16.8. The number of carbonyl (C=O) groups excluding carboxylic acids is 1. The third-order valence-corrected chi connectivity index (χ3v) is 4.43. The van der Waals surface area contributed by atoms with Crippen molar-refractivity contribution in [2.75, 3.05) is 5.32 Å². The maximum absolute atomic E-state index is 12.3. The number of hydrogen-bond donors (Lipinski definition) is 2. The maximum atomic E-state index is 12.3. The van der Waals surface area contributed by atoms with E-state index in [0.717, 1.165) is 30.3 Å². The molecule has 1 atom stereocenters. The first-order valence-electron chi connectivity index (χ1n) is 8.05. The fourth-order valence-corrected chi connectivity index (χ4v) is 3.30. The van der Waals surface area contributed by atoms with Crippen LogP contribution in [0.15, 0.2) is 28.8 Å². The summed E-state index contributed by atoms with van der Waals surface area (Å²) in [6.45, 7) is 1.80. The number of anilines is 1. The second kappa shape index (κ2) is 5.67. The molecule has 1 aliphatic rings. The molecule has 1 aromatic carbocycles. The minimum Gasteiger partial charge on any atom is -0.441 e. The van der Waals surface area contributed by atoms with Crippen LogP contribution in [0.4, 0.5) is 10.5 Å². The largest absolute Gasteiger partial charge is 0.441 e. The van der Waals surface area contributed by atoms with Crippen molar-refractivity contribution in [3.8, 4) is 0 Å². The molecule has 0 unspecified atom stereocenters. The van der Waals surface area contributed by atoms with Crippen LogP contribution in [0.2, 0.25) is 0 Å². The van der Waals surface area contributed by atoms with Crippen molar-refractivity contribution in [3.63, 3.8) is 0 Å². The van der Waals surface area contributed by atoms with Crippen molar-refractivity contribution >= 4 is 22.8 Å². The summed E-state index contributed by atoms with van der Waals surface area (Å²) in [5.74, 6) is 0.609. The van der Waals surface area contributed by atoms with Crippen LogP contribution in [-0.4, -0.2) is 20.8 Å². The third kappa shape index (κ3) is 2.62. The topological polar surface area (TPSA) is 85.0 Å². The number of oxazole rings is 1. The minimum atomic E-state index is -0.229. The molecule has 2 aromatic heterocycles. The second-order valence-electron chi connectivity index (χ2n) is 6.13. The summed E-state index contributed by atoms with van der Waals surface area (Å²) in [6.07, 6.45) is 4.82. The Labute approximate surface area is 139 Å². The Kier molecular flexibility index (Phi) is 3.48. The van der Waals surface area contributed by atoms with Crippen LogP contribution < -0.4 is 10.6 Å². The highest BCUT2D eigenvalue weighted by Gasteiger charge is 2.24. The van der Waals surface area contributed by atoms with Gasteiger partial charge in [-0.1, -0.05) is 0 Å². The van der Waals surface area contributed by atoms with Crippen molar-refractivity contribution in [2.24, 2.45) is 7.05 Å². The Morgan fingerprint density at radius 1 is 1.42 bits per heavy atom. The summed E-state index contributed by atoms with van der Waals surface area (Å²) in [7, 11) is 1.94.